The van der Waals surface area contributed by atoms with E-state index in [1.54, 1.807) is 17.0 Å². The third-order valence-corrected chi connectivity index (χ3v) is 7.19. The van der Waals surface area contributed by atoms with Gasteiger partial charge < -0.3 is 5.11 Å². The van der Waals surface area contributed by atoms with E-state index in [1.165, 1.54) is 18.2 Å². The summed E-state index contributed by atoms with van der Waals surface area (Å²) >= 11 is 13.1. The first-order valence-electron chi connectivity index (χ1n) is 9.85. The summed E-state index contributed by atoms with van der Waals surface area (Å²) in [6, 6.07) is 13.4. The van der Waals surface area contributed by atoms with E-state index in [9.17, 15) is 9.90 Å². The summed E-state index contributed by atoms with van der Waals surface area (Å²) in [6.45, 7) is 0. The second-order valence-corrected chi connectivity index (χ2v) is 9.59. The number of carbonyl (C=O) groups is 1. The molecule has 0 unspecified atom stereocenters. The van der Waals surface area contributed by atoms with Gasteiger partial charge in [-0.15, -0.1) is 0 Å². The van der Waals surface area contributed by atoms with E-state index in [0.717, 1.165) is 41.8 Å². The molecule has 0 atom stereocenters. The van der Waals surface area contributed by atoms with Gasteiger partial charge in [-0.25, -0.2) is 0 Å². The molecular formula is C23H22ClNO2S2. The lowest BCUT2D eigenvalue weighted by atomic mass is 9.94. The summed E-state index contributed by atoms with van der Waals surface area (Å²) in [4.78, 5) is 15.4. The molecule has 0 spiro atoms. The van der Waals surface area contributed by atoms with Gasteiger partial charge in [0.05, 0.1) is 4.91 Å². The van der Waals surface area contributed by atoms with Gasteiger partial charge in [-0.3, -0.25) is 9.69 Å². The maximum absolute atomic E-state index is 13.0. The van der Waals surface area contributed by atoms with Crippen LogP contribution in [0.1, 0.15) is 48.8 Å². The van der Waals surface area contributed by atoms with E-state index >= 15 is 0 Å². The first kappa shape index (κ1) is 20.5. The van der Waals surface area contributed by atoms with Crippen LogP contribution in [0.5, 0.6) is 5.75 Å². The molecule has 6 heteroatoms. The molecule has 1 aliphatic heterocycles. The highest BCUT2D eigenvalue weighted by Gasteiger charge is 2.37. The van der Waals surface area contributed by atoms with Crippen LogP contribution in [-0.4, -0.2) is 26.3 Å². The van der Waals surface area contributed by atoms with E-state index in [4.69, 9.17) is 23.8 Å². The molecule has 0 radical (unpaired) electrons. The number of aromatic hydroxyl groups is 1. The highest BCUT2D eigenvalue weighted by atomic mass is 35.5. The summed E-state index contributed by atoms with van der Waals surface area (Å²) in [5.74, 6) is 0.110. The van der Waals surface area contributed by atoms with E-state index < -0.39 is 0 Å². The average Bonchev–Trinajstić information content (AvgIpc) is 3.00. The number of rotatable bonds is 4. The quantitative estimate of drug-likeness (QED) is 0.453. The summed E-state index contributed by atoms with van der Waals surface area (Å²) in [5, 5.41) is 11.1. The molecule has 2 aliphatic rings. The number of carbonyl (C=O) groups excluding carboxylic acids is 1. The topological polar surface area (TPSA) is 40.5 Å². The van der Waals surface area contributed by atoms with Gasteiger partial charge in [-0.1, -0.05) is 79.1 Å². The van der Waals surface area contributed by atoms with Crippen molar-refractivity contribution in [3.8, 4) is 5.75 Å². The van der Waals surface area contributed by atoms with Crippen LogP contribution < -0.4 is 0 Å². The van der Waals surface area contributed by atoms with Crippen LogP contribution in [-0.2, 0) is 11.2 Å². The lowest BCUT2D eigenvalue weighted by Gasteiger charge is -2.29. The van der Waals surface area contributed by atoms with Crippen molar-refractivity contribution >= 4 is 51.9 Å². The molecule has 3 nitrogen and oxygen atoms in total. The lowest BCUT2D eigenvalue weighted by molar-refractivity contribution is -0.124. The highest BCUT2D eigenvalue weighted by Crippen LogP contribution is 2.38. The Bertz CT molecular complexity index is 983. The molecule has 1 aliphatic carbocycles. The molecule has 0 bridgehead atoms. The maximum atomic E-state index is 13.0. The average molecular weight is 444 g/mol. The van der Waals surface area contributed by atoms with Gasteiger partial charge in [0.15, 0.2) is 0 Å². The number of hydrogen-bond acceptors (Lipinski definition) is 4. The normalized spacial score (nSPS) is 19.3. The van der Waals surface area contributed by atoms with Crippen molar-refractivity contribution in [1.29, 1.82) is 0 Å². The first-order chi connectivity index (χ1) is 14.0. The van der Waals surface area contributed by atoms with E-state index in [1.807, 2.05) is 36.4 Å². The van der Waals surface area contributed by atoms with Crippen LogP contribution in [0.15, 0.2) is 47.4 Å². The Hall–Kier alpha value is -1.82. The fourth-order valence-corrected chi connectivity index (χ4v) is 5.56. The van der Waals surface area contributed by atoms with Gasteiger partial charge in [0.2, 0.25) is 0 Å². The second kappa shape index (κ2) is 8.90. The predicted octanol–water partition coefficient (Wildman–Crippen LogP) is 6.17. The van der Waals surface area contributed by atoms with Crippen molar-refractivity contribution in [2.45, 2.75) is 44.6 Å². The minimum Gasteiger partial charge on any atom is -0.507 e. The first-order valence-corrected chi connectivity index (χ1v) is 11.5. The number of benzene rings is 2. The molecule has 1 heterocycles. The van der Waals surface area contributed by atoms with Gasteiger partial charge in [0, 0.05) is 16.6 Å². The number of nitrogens with zero attached hydrogens (tertiary/aromatic N) is 1. The summed E-state index contributed by atoms with van der Waals surface area (Å²) in [7, 11) is 0. The minimum absolute atomic E-state index is 0.0391. The van der Waals surface area contributed by atoms with Crippen LogP contribution in [0.4, 0.5) is 0 Å². The third kappa shape index (κ3) is 4.52. The Kier molecular flexibility index (Phi) is 6.28. The van der Waals surface area contributed by atoms with E-state index in [-0.39, 0.29) is 17.7 Å². The summed E-state index contributed by atoms with van der Waals surface area (Å²) < 4.78 is 0.625. The van der Waals surface area contributed by atoms with Crippen molar-refractivity contribution in [2.75, 3.05) is 0 Å². The van der Waals surface area contributed by atoms with Crippen LogP contribution in [0.2, 0.25) is 5.02 Å². The van der Waals surface area contributed by atoms with E-state index in [2.05, 4.69) is 0 Å². The molecule has 150 valence electrons. The molecular weight excluding hydrogens is 422 g/mol. The molecule has 0 aromatic heterocycles. The fraction of sp³-hybridized carbons (Fsp3) is 0.304. The van der Waals surface area contributed by atoms with Gasteiger partial charge in [-0.05, 0) is 54.7 Å². The number of phenolic OH excluding ortho intramolecular Hbond substituents is 1. The summed E-state index contributed by atoms with van der Waals surface area (Å²) in [5.41, 5.74) is 2.66. The number of thiocarbonyl (C=S) groups is 1. The largest absolute Gasteiger partial charge is 0.507 e. The molecule has 4 rings (SSSR count). The zero-order valence-electron chi connectivity index (χ0n) is 15.9. The number of thioether (sulfide) groups is 1. The third-order valence-electron chi connectivity index (χ3n) is 5.49. The smallest absolute Gasteiger partial charge is 0.266 e. The standard InChI is InChI=1S/C23H22ClNO2S2/c24-19-9-5-4-6-16(19)12-15-10-11-20(26)17(13-15)14-21-22(27)25(23(28)29-21)18-7-2-1-3-8-18/h4-6,9-11,13-14,18,26H,1-3,7-8,12H2/b21-14+. The molecule has 2 fully saturated rings. The molecule has 2 aromatic rings. The predicted molar refractivity (Wildman–Crippen MR) is 124 cm³/mol. The monoisotopic (exact) mass is 443 g/mol. The summed E-state index contributed by atoms with van der Waals surface area (Å²) in [6.07, 6.45) is 7.96. The zero-order chi connectivity index (χ0) is 20.4. The minimum atomic E-state index is -0.0391. The zero-order valence-corrected chi connectivity index (χ0v) is 18.3. The number of halogens is 1. The molecule has 1 N–H and O–H groups in total. The Morgan fingerprint density at radius 3 is 2.69 bits per heavy atom. The van der Waals surface area contributed by atoms with Crippen LogP contribution >= 0.6 is 35.6 Å². The van der Waals surface area contributed by atoms with Gasteiger partial charge in [0.25, 0.3) is 5.91 Å². The molecule has 1 amide bonds. The highest BCUT2D eigenvalue weighted by molar-refractivity contribution is 8.26. The SMILES string of the molecule is O=C1/C(=C\c2cc(Cc3ccccc3Cl)ccc2O)SC(=S)N1C1CCCCC1. The van der Waals surface area contributed by atoms with Crippen LogP contribution in [0, 0.1) is 0 Å². The Labute approximate surface area is 185 Å². The van der Waals surface area contributed by atoms with Crippen LogP contribution in [0.3, 0.4) is 0 Å². The Morgan fingerprint density at radius 1 is 1.17 bits per heavy atom. The Morgan fingerprint density at radius 2 is 1.93 bits per heavy atom. The van der Waals surface area contributed by atoms with Crippen molar-refractivity contribution in [3.63, 3.8) is 0 Å². The Balaban J connectivity index is 1.58. The number of amides is 1. The van der Waals surface area contributed by atoms with E-state index in [0.29, 0.717) is 21.2 Å². The molecule has 29 heavy (non-hydrogen) atoms. The second-order valence-electron chi connectivity index (χ2n) is 7.50. The van der Waals surface area contributed by atoms with Crippen molar-refractivity contribution in [2.24, 2.45) is 0 Å². The molecule has 1 saturated carbocycles. The molecule has 1 saturated heterocycles. The van der Waals surface area contributed by atoms with Crippen molar-refractivity contribution in [3.05, 3.63) is 69.1 Å². The van der Waals surface area contributed by atoms with Crippen molar-refractivity contribution in [1.82, 2.24) is 4.90 Å². The lowest BCUT2D eigenvalue weighted by Crippen LogP contribution is -2.39. The van der Waals surface area contributed by atoms with Crippen molar-refractivity contribution < 1.29 is 9.90 Å². The maximum Gasteiger partial charge on any atom is 0.266 e. The molecule has 2 aromatic carbocycles. The number of hydrogen-bond donors (Lipinski definition) is 1. The fourth-order valence-electron chi connectivity index (χ4n) is 3.97. The van der Waals surface area contributed by atoms with Gasteiger partial charge >= 0.3 is 0 Å². The van der Waals surface area contributed by atoms with Gasteiger partial charge in [-0.2, -0.15) is 0 Å². The van der Waals surface area contributed by atoms with Crippen LogP contribution in [0.25, 0.3) is 6.08 Å². The van der Waals surface area contributed by atoms with Gasteiger partial charge in [0.1, 0.15) is 10.1 Å². The number of phenols is 1.